The van der Waals surface area contributed by atoms with E-state index in [2.05, 4.69) is 37.3 Å². The van der Waals surface area contributed by atoms with Gasteiger partial charge in [0, 0.05) is 35.7 Å². The summed E-state index contributed by atoms with van der Waals surface area (Å²) >= 11 is 7.85. The quantitative estimate of drug-likeness (QED) is 0.628. The Balaban J connectivity index is 1.64. The highest BCUT2D eigenvalue weighted by Gasteiger charge is 2.30. The van der Waals surface area contributed by atoms with E-state index in [0.717, 1.165) is 42.8 Å². The molecule has 0 radical (unpaired) electrons. The minimum absolute atomic E-state index is 0.180. The first-order valence-corrected chi connectivity index (χ1v) is 10.4. The first-order chi connectivity index (χ1) is 12.9. The molecule has 1 amide bonds. The zero-order chi connectivity index (χ0) is 19.4. The van der Waals surface area contributed by atoms with Crippen molar-refractivity contribution in [3.63, 3.8) is 0 Å². The lowest BCUT2D eigenvalue weighted by atomic mass is 9.82. The van der Waals surface area contributed by atoms with Crippen molar-refractivity contribution < 1.29 is 4.79 Å². The highest BCUT2D eigenvalue weighted by Crippen LogP contribution is 2.37. The Hall–Kier alpha value is -1.96. The maximum atomic E-state index is 11.5. The number of benzene rings is 2. The minimum Gasteiger partial charge on any atom is -0.343 e. The molecular formula is C22H23ClN2OS. The fourth-order valence-electron chi connectivity index (χ4n) is 3.35. The van der Waals surface area contributed by atoms with E-state index in [-0.39, 0.29) is 11.3 Å². The molecule has 0 N–H and O–H groups in total. The number of carbonyl (C=O) groups excluding carboxylic acids is 1. The van der Waals surface area contributed by atoms with Crippen LogP contribution in [0.5, 0.6) is 0 Å². The Morgan fingerprint density at radius 3 is 2.48 bits per heavy atom. The second-order valence-corrected chi connectivity index (χ2v) is 8.92. The van der Waals surface area contributed by atoms with Crippen LogP contribution in [0.15, 0.2) is 47.4 Å². The number of rotatable bonds is 4. The van der Waals surface area contributed by atoms with Gasteiger partial charge in [-0.05, 0) is 53.6 Å². The van der Waals surface area contributed by atoms with Crippen LogP contribution >= 0.6 is 23.4 Å². The summed E-state index contributed by atoms with van der Waals surface area (Å²) in [5.41, 5.74) is 2.78. The summed E-state index contributed by atoms with van der Waals surface area (Å²) in [6.07, 6.45) is 2.10. The van der Waals surface area contributed by atoms with Gasteiger partial charge in [-0.1, -0.05) is 36.7 Å². The number of likely N-dealkylation sites (tertiary alicyclic amines) is 1. The standard InChI is InChI=1S/C22H23ClN2OS/c1-16(26)25-11-9-22(2,10-12-25)15-27-20-6-3-17(4-7-20)21-8-5-19(23)13-18(21)14-24/h3-8,13H,9-12,15H2,1-2H3. The molecule has 1 aliphatic heterocycles. The molecule has 0 unspecified atom stereocenters. The largest absolute Gasteiger partial charge is 0.343 e. The van der Waals surface area contributed by atoms with Crippen molar-refractivity contribution in [3.05, 3.63) is 53.1 Å². The van der Waals surface area contributed by atoms with Crippen LogP contribution in [0.2, 0.25) is 5.02 Å². The van der Waals surface area contributed by atoms with Crippen LogP contribution in [0, 0.1) is 16.7 Å². The molecule has 140 valence electrons. The number of halogens is 1. The molecule has 2 aromatic rings. The second-order valence-electron chi connectivity index (χ2n) is 7.43. The third-order valence-corrected chi connectivity index (χ3v) is 6.95. The minimum atomic E-state index is 0.180. The van der Waals surface area contributed by atoms with Crippen LogP contribution in [-0.2, 0) is 4.79 Å². The summed E-state index contributed by atoms with van der Waals surface area (Å²) in [5.74, 6) is 1.22. The zero-order valence-electron chi connectivity index (χ0n) is 15.7. The van der Waals surface area contributed by atoms with Gasteiger partial charge in [-0.2, -0.15) is 5.26 Å². The molecule has 0 atom stereocenters. The molecule has 1 saturated heterocycles. The maximum Gasteiger partial charge on any atom is 0.219 e. The monoisotopic (exact) mass is 398 g/mol. The first-order valence-electron chi connectivity index (χ1n) is 9.09. The highest BCUT2D eigenvalue weighted by molar-refractivity contribution is 7.99. The first kappa shape index (κ1) is 19.8. The Labute approximate surface area is 170 Å². The van der Waals surface area contributed by atoms with Gasteiger partial charge in [0.15, 0.2) is 0 Å². The highest BCUT2D eigenvalue weighted by atomic mass is 35.5. The summed E-state index contributed by atoms with van der Waals surface area (Å²) in [6.45, 7) is 5.69. The predicted octanol–water partition coefficient (Wildman–Crippen LogP) is 5.62. The number of hydrogen-bond acceptors (Lipinski definition) is 3. The molecule has 3 nitrogen and oxygen atoms in total. The van der Waals surface area contributed by atoms with Gasteiger partial charge in [0.1, 0.15) is 0 Å². The summed E-state index contributed by atoms with van der Waals surface area (Å²) < 4.78 is 0. The Morgan fingerprint density at radius 2 is 1.89 bits per heavy atom. The third-order valence-electron chi connectivity index (χ3n) is 5.27. The van der Waals surface area contributed by atoms with Crippen molar-refractivity contribution in [2.45, 2.75) is 31.6 Å². The summed E-state index contributed by atoms with van der Waals surface area (Å²) in [5, 5.41) is 9.91. The third kappa shape index (κ3) is 4.86. The van der Waals surface area contributed by atoms with Gasteiger partial charge in [0.2, 0.25) is 5.91 Å². The van der Waals surface area contributed by atoms with Gasteiger partial charge in [-0.15, -0.1) is 11.8 Å². The zero-order valence-corrected chi connectivity index (χ0v) is 17.2. The van der Waals surface area contributed by atoms with Gasteiger partial charge in [-0.25, -0.2) is 0 Å². The molecule has 2 aromatic carbocycles. The van der Waals surface area contributed by atoms with Crippen molar-refractivity contribution in [2.75, 3.05) is 18.8 Å². The SMILES string of the molecule is CC(=O)N1CCC(C)(CSc2ccc(-c3ccc(Cl)cc3C#N)cc2)CC1. The van der Waals surface area contributed by atoms with Crippen molar-refractivity contribution in [1.29, 1.82) is 5.26 Å². The van der Waals surface area contributed by atoms with Crippen molar-refractivity contribution in [2.24, 2.45) is 5.41 Å². The van der Waals surface area contributed by atoms with Crippen LogP contribution in [0.25, 0.3) is 11.1 Å². The number of hydrogen-bond donors (Lipinski definition) is 0. The number of thioether (sulfide) groups is 1. The molecular weight excluding hydrogens is 376 g/mol. The predicted molar refractivity (Wildman–Crippen MR) is 112 cm³/mol. The lowest BCUT2D eigenvalue weighted by Crippen LogP contribution is -2.42. The fourth-order valence-corrected chi connectivity index (χ4v) is 4.66. The van der Waals surface area contributed by atoms with Crippen LogP contribution in [0.3, 0.4) is 0 Å². The molecule has 0 aromatic heterocycles. The van der Waals surface area contributed by atoms with E-state index < -0.39 is 0 Å². The van der Waals surface area contributed by atoms with Crippen molar-refractivity contribution in [3.8, 4) is 17.2 Å². The van der Waals surface area contributed by atoms with Crippen LogP contribution < -0.4 is 0 Å². The lowest BCUT2D eigenvalue weighted by molar-refractivity contribution is -0.130. The van der Waals surface area contributed by atoms with Gasteiger partial charge >= 0.3 is 0 Å². The number of nitrogens with zero attached hydrogens (tertiary/aromatic N) is 2. The van der Waals surface area contributed by atoms with E-state index in [1.807, 2.05) is 28.8 Å². The number of nitriles is 1. The summed E-state index contributed by atoms with van der Waals surface area (Å²) in [4.78, 5) is 14.7. The fraction of sp³-hybridized carbons (Fsp3) is 0.364. The summed E-state index contributed by atoms with van der Waals surface area (Å²) in [6, 6.07) is 16.0. The molecule has 0 spiro atoms. The number of amides is 1. The molecule has 1 heterocycles. The van der Waals surface area contributed by atoms with E-state index in [0.29, 0.717) is 10.6 Å². The lowest BCUT2D eigenvalue weighted by Gasteiger charge is -2.39. The Morgan fingerprint density at radius 1 is 1.22 bits per heavy atom. The Kier molecular flexibility index (Phi) is 6.14. The average molecular weight is 399 g/mol. The molecule has 5 heteroatoms. The molecule has 3 rings (SSSR count). The van der Waals surface area contributed by atoms with Crippen LogP contribution in [0.1, 0.15) is 32.3 Å². The van der Waals surface area contributed by atoms with E-state index >= 15 is 0 Å². The normalized spacial score (nSPS) is 16.0. The maximum absolute atomic E-state index is 11.5. The topological polar surface area (TPSA) is 44.1 Å². The van der Waals surface area contributed by atoms with Crippen molar-refractivity contribution >= 4 is 29.3 Å². The molecule has 0 saturated carbocycles. The molecule has 1 fully saturated rings. The van der Waals surface area contributed by atoms with Crippen LogP contribution in [0.4, 0.5) is 0 Å². The number of piperidine rings is 1. The van der Waals surface area contributed by atoms with Gasteiger partial charge in [-0.3, -0.25) is 4.79 Å². The van der Waals surface area contributed by atoms with Crippen LogP contribution in [-0.4, -0.2) is 29.6 Å². The summed E-state index contributed by atoms with van der Waals surface area (Å²) in [7, 11) is 0. The van der Waals surface area contributed by atoms with Gasteiger partial charge in [0.25, 0.3) is 0 Å². The molecule has 27 heavy (non-hydrogen) atoms. The molecule has 0 bridgehead atoms. The van der Waals surface area contributed by atoms with Crippen molar-refractivity contribution in [1.82, 2.24) is 4.90 Å². The number of carbonyl (C=O) groups is 1. The van der Waals surface area contributed by atoms with Gasteiger partial charge in [0.05, 0.1) is 11.6 Å². The second kappa shape index (κ2) is 8.37. The van der Waals surface area contributed by atoms with E-state index in [9.17, 15) is 10.1 Å². The van der Waals surface area contributed by atoms with E-state index in [4.69, 9.17) is 11.6 Å². The Bertz CT molecular complexity index is 865. The smallest absolute Gasteiger partial charge is 0.219 e. The van der Waals surface area contributed by atoms with E-state index in [1.54, 1.807) is 13.0 Å². The average Bonchev–Trinajstić information content (AvgIpc) is 2.67. The molecule has 1 aliphatic rings. The van der Waals surface area contributed by atoms with Gasteiger partial charge < -0.3 is 4.90 Å². The molecule has 0 aliphatic carbocycles. The van der Waals surface area contributed by atoms with E-state index in [1.165, 1.54) is 4.90 Å².